The van der Waals surface area contributed by atoms with Crippen molar-refractivity contribution in [2.45, 2.75) is 90.8 Å². The number of amides is 2. The zero-order chi connectivity index (χ0) is 50.4. The largest absolute Gasteiger partial charge is 0.384 e. The van der Waals surface area contributed by atoms with Crippen LogP contribution in [0, 0.1) is 13.8 Å². The van der Waals surface area contributed by atoms with E-state index in [0.29, 0.717) is 83.6 Å². The van der Waals surface area contributed by atoms with Gasteiger partial charge in [-0.15, -0.1) is 0 Å². The molecule has 12 heterocycles. The number of pyridine rings is 6. The van der Waals surface area contributed by atoms with E-state index in [1.807, 2.05) is 77.9 Å². The summed E-state index contributed by atoms with van der Waals surface area (Å²) in [7, 11) is 0. The number of carbonyl (C=O) groups excluding carboxylic acids is 2. The third-order valence-corrected chi connectivity index (χ3v) is 13.8. The normalized spacial score (nSPS) is 18.2. The molecule has 0 spiro atoms. The molecule has 0 radical (unpaired) electrons. The Kier molecular flexibility index (Phi) is 10.9. The molecule has 0 aliphatic carbocycles. The number of aliphatic hydroxyl groups excluding tert-OH is 2. The van der Waals surface area contributed by atoms with Crippen molar-refractivity contribution in [3.05, 3.63) is 95.1 Å². The number of aromatic nitrogens is 10. The minimum absolute atomic E-state index is 0.0488. The maximum absolute atomic E-state index is 11.8. The number of nitrogens with zero attached hydrogens (tertiary/aromatic N) is 10. The molecule has 4 aliphatic heterocycles. The first-order valence-corrected chi connectivity index (χ1v) is 23.6. The van der Waals surface area contributed by atoms with Crippen LogP contribution in [0.25, 0.3) is 44.1 Å². The second-order valence-electron chi connectivity index (χ2n) is 19.8. The van der Waals surface area contributed by atoms with Crippen molar-refractivity contribution in [2.24, 2.45) is 0 Å². The number of aliphatic hydroxyl groups is 2. The molecule has 72 heavy (non-hydrogen) atoms. The SMILES string of the molecule is Cc1c(-c2cc3cc(Nc4cc5n(n4)CC(=O)NCC5)ncc3c(N)n2)cnc2c1NC(C)(C)[C@@H]2O.Cc1c(-c2cc3cc(Nc4cc5n(n4)CC(=O)NCC5)ncc3c(N)n2)cnc2c1NC(C)(C)[C@H]2O. The fourth-order valence-electron chi connectivity index (χ4n) is 9.73. The van der Waals surface area contributed by atoms with Crippen molar-refractivity contribution >= 4 is 79.6 Å². The van der Waals surface area contributed by atoms with Crippen molar-refractivity contribution in [3.8, 4) is 22.5 Å². The minimum atomic E-state index is -0.693. The highest BCUT2D eigenvalue weighted by atomic mass is 16.3. The van der Waals surface area contributed by atoms with Gasteiger partial charge >= 0.3 is 0 Å². The van der Waals surface area contributed by atoms with Crippen molar-refractivity contribution in [2.75, 3.05) is 45.8 Å². The quantitative estimate of drug-likeness (QED) is 0.106. The van der Waals surface area contributed by atoms with E-state index in [-0.39, 0.29) is 24.9 Å². The Morgan fingerprint density at radius 2 is 1.01 bits per heavy atom. The van der Waals surface area contributed by atoms with E-state index in [1.165, 1.54) is 0 Å². The molecule has 22 nitrogen and oxygen atoms in total. The smallest absolute Gasteiger partial charge is 0.241 e. The number of carbonyl (C=O) groups is 2. The Labute approximate surface area is 412 Å². The van der Waals surface area contributed by atoms with Crippen LogP contribution in [-0.2, 0) is 35.5 Å². The van der Waals surface area contributed by atoms with Crippen LogP contribution in [-0.4, -0.2) is 95.7 Å². The Hall–Kier alpha value is -8.50. The van der Waals surface area contributed by atoms with Crippen molar-refractivity contribution in [1.82, 2.24) is 60.1 Å². The maximum Gasteiger partial charge on any atom is 0.241 e. The Morgan fingerprint density at radius 1 is 0.597 bits per heavy atom. The van der Waals surface area contributed by atoms with Crippen LogP contribution in [0.5, 0.6) is 0 Å². The van der Waals surface area contributed by atoms with Crippen LogP contribution in [0.3, 0.4) is 0 Å². The summed E-state index contributed by atoms with van der Waals surface area (Å²) in [4.78, 5) is 51.0. The molecule has 0 unspecified atom stereocenters. The number of fused-ring (bicyclic) bond motifs is 6. The summed E-state index contributed by atoms with van der Waals surface area (Å²) in [6, 6.07) is 11.6. The molecule has 0 saturated carbocycles. The average molecular weight is 971 g/mol. The van der Waals surface area contributed by atoms with Crippen molar-refractivity contribution in [1.29, 1.82) is 0 Å². The Morgan fingerprint density at radius 3 is 1.43 bits per heavy atom. The Bertz CT molecular complexity index is 3320. The lowest BCUT2D eigenvalue weighted by atomic mass is 9.98. The molecule has 4 aliphatic rings. The van der Waals surface area contributed by atoms with E-state index in [2.05, 4.69) is 72.0 Å². The topological polar surface area (TPSA) is 312 Å². The fraction of sp³-hybridized carbons (Fsp3) is 0.320. The van der Waals surface area contributed by atoms with Crippen molar-refractivity contribution in [3.63, 3.8) is 0 Å². The number of hydrogen-bond acceptors (Lipinski definition) is 18. The zero-order valence-corrected chi connectivity index (χ0v) is 40.5. The molecule has 22 heteroatoms. The van der Waals surface area contributed by atoms with E-state index >= 15 is 0 Å². The van der Waals surface area contributed by atoms with Gasteiger partial charge in [0.05, 0.1) is 45.2 Å². The molecule has 0 bridgehead atoms. The predicted molar refractivity (Wildman–Crippen MR) is 274 cm³/mol. The third-order valence-electron chi connectivity index (χ3n) is 13.8. The molecular weight excluding hydrogens is 917 g/mol. The van der Waals surface area contributed by atoms with Crippen molar-refractivity contribution < 1.29 is 19.8 Å². The highest BCUT2D eigenvalue weighted by Gasteiger charge is 2.41. The molecule has 12 N–H and O–H groups in total. The third kappa shape index (κ3) is 8.22. The minimum Gasteiger partial charge on any atom is -0.384 e. The predicted octanol–water partition coefficient (Wildman–Crippen LogP) is 4.86. The summed E-state index contributed by atoms with van der Waals surface area (Å²) in [6.07, 6.45) is 6.90. The first-order valence-electron chi connectivity index (χ1n) is 23.6. The molecule has 12 rings (SSSR count). The summed E-state index contributed by atoms with van der Waals surface area (Å²) in [5.41, 5.74) is 21.5. The van der Waals surface area contributed by atoms with Crippen LogP contribution in [0.1, 0.15) is 73.8 Å². The van der Waals surface area contributed by atoms with Crippen LogP contribution in [0.15, 0.2) is 61.2 Å². The standard InChI is InChI=1S/2C25H27N9O2/c2*1-12-15(9-29-22-21(12)32-25(2,3)23(22)36)17-6-13-7-18(28-10-16(13)24(26)30-17)31-19-8-14-4-5-27-20(35)11-34(14)33-19/h2*6-10,23,32,36H,4-5,11H2,1-3H3,(H2,26,30)(H,27,35)(H,28,31,33)/t2*23-/m10/s1. The second-order valence-corrected chi connectivity index (χ2v) is 19.8. The van der Waals surface area contributed by atoms with E-state index in [1.54, 1.807) is 34.2 Å². The lowest BCUT2D eigenvalue weighted by molar-refractivity contribution is -0.122. The van der Waals surface area contributed by atoms with Gasteiger partial charge < -0.3 is 53.6 Å². The Balaban J connectivity index is 0.000000156. The van der Waals surface area contributed by atoms with E-state index in [0.717, 1.165) is 66.6 Å². The summed E-state index contributed by atoms with van der Waals surface area (Å²) >= 11 is 0. The zero-order valence-electron chi connectivity index (χ0n) is 40.5. The van der Waals surface area contributed by atoms with Crippen LogP contribution in [0.4, 0.5) is 46.3 Å². The first kappa shape index (κ1) is 45.9. The van der Waals surface area contributed by atoms with Gasteiger partial charge in [-0.1, -0.05) is 0 Å². The maximum atomic E-state index is 11.8. The second kappa shape index (κ2) is 17.1. The summed E-state index contributed by atoms with van der Waals surface area (Å²) in [5, 5.41) is 52.4. The lowest BCUT2D eigenvalue weighted by Gasteiger charge is -2.22. The first-order chi connectivity index (χ1) is 34.4. The van der Waals surface area contributed by atoms with Gasteiger partial charge in [0.1, 0.15) is 48.6 Å². The molecular formula is C50H54N18O4. The molecule has 2 atom stereocenters. The van der Waals surface area contributed by atoms with Crippen LogP contribution in [0.2, 0.25) is 0 Å². The van der Waals surface area contributed by atoms with Gasteiger partial charge in [-0.05, 0) is 87.7 Å². The number of rotatable bonds is 6. The lowest BCUT2D eigenvalue weighted by Crippen LogP contribution is -2.32. The van der Waals surface area contributed by atoms with E-state index < -0.39 is 23.3 Å². The van der Waals surface area contributed by atoms with Gasteiger partial charge in [0.25, 0.3) is 0 Å². The van der Waals surface area contributed by atoms with Gasteiger partial charge in [-0.2, -0.15) is 10.2 Å². The monoisotopic (exact) mass is 970 g/mol. The molecule has 8 aromatic heterocycles. The van der Waals surface area contributed by atoms with Gasteiger partial charge in [0, 0.05) is 96.1 Å². The van der Waals surface area contributed by atoms with E-state index in [9.17, 15) is 19.8 Å². The molecule has 0 saturated heterocycles. The molecule has 2 amide bonds. The number of nitrogens with one attached hydrogen (secondary N) is 6. The average Bonchev–Trinajstić information content (AvgIpc) is 3.95. The number of nitrogen functional groups attached to an aromatic ring is 2. The highest BCUT2D eigenvalue weighted by molar-refractivity contribution is 5.96. The summed E-state index contributed by atoms with van der Waals surface area (Å²) < 4.78 is 3.42. The summed E-state index contributed by atoms with van der Waals surface area (Å²) in [6.45, 7) is 13.3. The van der Waals surface area contributed by atoms with Gasteiger partial charge in [0.15, 0.2) is 11.6 Å². The van der Waals surface area contributed by atoms with E-state index in [4.69, 9.17) is 11.5 Å². The van der Waals surface area contributed by atoms with Crippen LogP contribution >= 0.6 is 0 Å². The number of nitrogens with two attached hydrogens (primary N) is 2. The van der Waals surface area contributed by atoms with Crippen LogP contribution < -0.4 is 43.4 Å². The highest BCUT2D eigenvalue weighted by Crippen LogP contribution is 2.45. The fourth-order valence-corrected chi connectivity index (χ4v) is 9.73. The van der Waals surface area contributed by atoms with Gasteiger partial charge in [0.2, 0.25) is 11.8 Å². The molecule has 8 aromatic rings. The summed E-state index contributed by atoms with van der Waals surface area (Å²) in [5.74, 6) is 3.10. The molecule has 368 valence electrons. The molecule has 0 aromatic carbocycles. The molecule has 0 fully saturated rings. The van der Waals surface area contributed by atoms with Gasteiger partial charge in [-0.25, -0.2) is 19.9 Å². The number of anilines is 8. The van der Waals surface area contributed by atoms with Gasteiger partial charge in [-0.3, -0.25) is 28.9 Å². The number of hydrogen-bond donors (Lipinski definition) is 10.